The van der Waals surface area contributed by atoms with Crippen LogP contribution >= 0.6 is 0 Å². The van der Waals surface area contributed by atoms with E-state index in [1.807, 2.05) is 0 Å². The van der Waals surface area contributed by atoms with E-state index in [1.54, 1.807) is 6.20 Å². The number of hydrogen-bond donors (Lipinski definition) is 1. The average molecular weight is 316 g/mol. The number of esters is 1. The van der Waals surface area contributed by atoms with Crippen LogP contribution in [0.2, 0.25) is 0 Å². The van der Waals surface area contributed by atoms with E-state index in [-0.39, 0.29) is 5.97 Å². The normalized spacial score (nSPS) is 22.1. The monoisotopic (exact) mass is 317 g/mol. The summed E-state index contributed by atoms with van der Waals surface area (Å²) < 4.78 is 7.63. The molecule has 0 aromatic heterocycles. The molecule has 0 bridgehead atoms. The van der Waals surface area contributed by atoms with Gasteiger partial charge >= 0.3 is 69.5 Å². The van der Waals surface area contributed by atoms with E-state index in [0.717, 1.165) is 12.0 Å². The van der Waals surface area contributed by atoms with Crippen molar-refractivity contribution in [1.82, 2.24) is 3.13 Å². The summed E-state index contributed by atoms with van der Waals surface area (Å²) in [6.45, 7) is 0.553. The third-order valence-corrected chi connectivity index (χ3v) is 1.77. The number of ether oxygens (including phenoxy) is 1. The number of carbonyl (C=O) groups excluding carboxylic acids is 1. The first-order valence-corrected chi connectivity index (χ1v) is 4.91. The van der Waals surface area contributed by atoms with Crippen molar-refractivity contribution < 1.29 is 9.53 Å². The zero-order valence-corrected chi connectivity index (χ0v) is 9.37. The molecule has 1 N–H and O–H groups in total. The van der Waals surface area contributed by atoms with Gasteiger partial charge in [-0.15, -0.1) is 0 Å². The number of carbonyl (C=O) groups is 1. The molecule has 0 aromatic rings. The van der Waals surface area contributed by atoms with Crippen LogP contribution in [0.4, 0.5) is 0 Å². The molecule has 0 amide bonds. The Morgan fingerprint density at radius 2 is 2.56 bits per heavy atom. The van der Waals surface area contributed by atoms with Gasteiger partial charge < -0.3 is 0 Å². The van der Waals surface area contributed by atoms with Gasteiger partial charge in [-0.2, -0.15) is 0 Å². The predicted molar refractivity (Wildman–Crippen MR) is 32.5 cm³/mol. The Bertz CT molecular complexity index is 155. The Balaban J connectivity index is 2.59. The second-order valence-electron chi connectivity index (χ2n) is 1.72. The fourth-order valence-corrected chi connectivity index (χ4v) is 1.46. The van der Waals surface area contributed by atoms with Gasteiger partial charge in [-0.25, -0.2) is 0 Å². The van der Waals surface area contributed by atoms with E-state index < -0.39 is 0 Å². The summed E-state index contributed by atoms with van der Waals surface area (Å²) in [4.78, 5) is 10.7. The predicted octanol–water partition coefficient (Wildman–Crippen LogP) is -0.510. The van der Waals surface area contributed by atoms with Gasteiger partial charge in [0.05, 0.1) is 0 Å². The minimum absolute atomic E-state index is 0.164. The van der Waals surface area contributed by atoms with Crippen LogP contribution in [0.25, 0.3) is 0 Å². The van der Waals surface area contributed by atoms with Gasteiger partial charge in [0.25, 0.3) is 0 Å². The van der Waals surface area contributed by atoms with Gasteiger partial charge in [0.1, 0.15) is 0 Å². The quantitative estimate of drug-likeness (QED) is 0.402. The van der Waals surface area contributed by atoms with Gasteiger partial charge in [0.2, 0.25) is 0 Å². The average Bonchev–Trinajstić information content (AvgIpc) is 2.18. The van der Waals surface area contributed by atoms with Crippen LogP contribution in [0.1, 0.15) is 6.42 Å². The molecular weight excluding hydrogens is 310 g/mol. The second kappa shape index (κ2) is 3.19. The number of cyclic esters (lactones) is 1. The summed E-state index contributed by atoms with van der Waals surface area (Å²) >= 11 is 0.705. The molecule has 0 atom stereocenters. The van der Waals surface area contributed by atoms with Crippen LogP contribution in [-0.2, 0) is 9.53 Å². The fourth-order valence-electron chi connectivity index (χ4n) is 0.680. The zero-order chi connectivity index (χ0) is 6.69. The summed E-state index contributed by atoms with van der Waals surface area (Å²) in [7, 11) is 0. The first-order chi connectivity index (χ1) is 4.34. The molecule has 3 nitrogen and oxygen atoms in total. The van der Waals surface area contributed by atoms with Crippen molar-refractivity contribution in [2.75, 3.05) is 6.61 Å². The molecule has 1 aliphatic rings. The third-order valence-electron chi connectivity index (χ3n) is 1.12. The van der Waals surface area contributed by atoms with Gasteiger partial charge in [0, 0.05) is 0 Å². The zero-order valence-electron chi connectivity index (χ0n) is 4.89. The minimum atomic E-state index is -0.164. The molecule has 0 unspecified atom stereocenters. The molecule has 1 aliphatic heterocycles. The van der Waals surface area contributed by atoms with E-state index >= 15 is 0 Å². The second-order valence-corrected chi connectivity index (χ2v) is 3.02. The molecule has 0 radical (unpaired) electrons. The Morgan fingerprint density at radius 1 is 1.78 bits per heavy atom. The van der Waals surface area contributed by atoms with Gasteiger partial charge in [0.15, 0.2) is 0 Å². The molecule has 0 aliphatic carbocycles. The molecule has 0 spiro atoms. The van der Waals surface area contributed by atoms with Crippen LogP contribution in [0, 0.1) is 0 Å². The van der Waals surface area contributed by atoms with Crippen LogP contribution in [-0.4, -0.2) is 38.6 Å². The van der Waals surface area contributed by atoms with E-state index in [2.05, 4.69) is 7.86 Å². The van der Waals surface area contributed by atoms with E-state index in [4.69, 9.17) is 0 Å². The van der Waals surface area contributed by atoms with Crippen LogP contribution in [0.5, 0.6) is 0 Å². The van der Waals surface area contributed by atoms with Crippen molar-refractivity contribution in [3.63, 3.8) is 0 Å². The van der Waals surface area contributed by atoms with Gasteiger partial charge in [-0.3, -0.25) is 0 Å². The number of hydrogen-bond acceptors (Lipinski definition) is 3. The summed E-state index contributed by atoms with van der Waals surface area (Å²) in [5, 5.41) is 0. The molecule has 9 heavy (non-hydrogen) atoms. The Kier molecular flexibility index (Phi) is 2.50. The molecule has 46 valence electrons. The van der Waals surface area contributed by atoms with E-state index in [9.17, 15) is 4.79 Å². The Hall–Kier alpha value is -0.0679. The van der Waals surface area contributed by atoms with E-state index in [0.29, 0.717) is 32.7 Å². The molecule has 4 heteroatoms. The third kappa shape index (κ3) is 1.67. The maximum absolute atomic E-state index is 10.7. The first kappa shape index (κ1) is 7.04. The Morgan fingerprint density at radius 3 is 3.00 bits per heavy atom. The standard InChI is InChI=1S/C5H7NO2.Tl/c6-3-4-1-2-8-5(4)7;/h3H,1-2H2,(H2,6,7);/q;+1/p-1. The Labute approximate surface area is 69.6 Å². The van der Waals surface area contributed by atoms with Gasteiger partial charge in [-0.1, -0.05) is 0 Å². The van der Waals surface area contributed by atoms with Crippen LogP contribution in [0.15, 0.2) is 11.8 Å². The van der Waals surface area contributed by atoms with E-state index in [1.165, 1.54) is 0 Å². The fraction of sp³-hybridized carbons (Fsp3) is 0.400. The van der Waals surface area contributed by atoms with Crippen molar-refractivity contribution in [2.24, 2.45) is 0 Å². The molecule has 1 heterocycles. The van der Waals surface area contributed by atoms with Crippen molar-refractivity contribution in [1.29, 1.82) is 0 Å². The molecule has 1 fully saturated rings. The topological polar surface area (TPSA) is 38.3 Å². The van der Waals surface area contributed by atoms with Crippen LogP contribution in [0.3, 0.4) is 0 Å². The van der Waals surface area contributed by atoms with Gasteiger partial charge in [-0.05, 0) is 0 Å². The van der Waals surface area contributed by atoms with Crippen molar-refractivity contribution >= 4 is 32.0 Å². The summed E-state index contributed by atoms with van der Waals surface area (Å²) in [5.41, 5.74) is 0.775. The molecule has 1 rings (SSSR count). The number of rotatable bonds is 1. The van der Waals surface area contributed by atoms with Crippen LogP contribution < -0.4 is 3.13 Å². The first-order valence-electron chi connectivity index (χ1n) is 2.67. The molecule has 0 aromatic carbocycles. The molecular formula is C5H6NO2Tl. The van der Waals surface area contributed by atoms with Crippen molar-refractivity contribution in [3.05, 3.63) is 11.8 Å². The van der Waals surface area contributed by atoms with Crippen molar-refractivity contribution in [2.45, 2.75) is 6.42 Å². The molecule has 1 saturated heterocycles. The summed E-state index contributed by atoms with van der Waals surface area (Å²) in [5.74, 6) is -0.164. The maximum atomic E-state index is 10.7. The molecule has 0 saturated carbocycles. The summed E-state index contributed by atoms with van der Waals surface area (Å²) in [6, 6.07) is 0. The van der Waals surface area contributed by atoms with Crippen molar-refractivity contribution in [3.8, 4) is 0 Å². The summed E-state index contributed by atoms with van der Waals surface area (Å²) in [6.07, 6.45) is 2.51. The SMILES string of the molecule is O=C1OCC/C1=C\[NH][Tl]. The number of nitrogens with one attached hydrogen (secondary N) is 1.